The van der Waals surface area contributed by atoms with Crippen LogP contribution in [0, 0.1) is 0 Å². The Bertz CT molecular complexity index is 1150. The maximum Gasteiger partial charge on any atom is 0.164 e. The predicted octanol–water partition coefficient (Wildman–Crippen LogP) is 1.89. The number of morpholine rings is 1. The van der Waals surface area contributed by atoms with E-state index in [-0.39, 0.29) is 0 Å². The number of ether oxygens (including phenoxy) is 1. The van der Waals surface area contributed by atoms with Gasteiger partial charge in [-0.15, -0.1) is 0 Å². The number of aromatic amines is 1. The van der Waals surface area contributed by atoms with Crippen LogP contribution in [0.4, 0.5) is 5.82 Å². The number of pyridine rings is 1. The topological polar surface area (TPSA) is 101 Å². The first-order valence-corrected chi connectivity index (χ1v) is 11.2. The summed E-state index contributed by atoms with van der Waals surface area (Å²) in [6.07, 6.45) is 7.82. The fourth-order valence-electron chi connectivity index (χ4n) is 3.83. The average Bonchev–Trinajstić information content (AvgIpc) is 3.40. The molecule has 1 aliphatic carbocycles. The van der Waals surface area contributed by atoms with E-state index in [2.05, 4.69) is 14.9 Å². The van der Waals surface area contributed by atoms with Crippen LogP contribution < -0.4 is 4.90 Å². The Morgan fingerprint density at radius 2 is 1.96 bits per heavy atom. The molecule has 0 atom stereocenters. The minimum atomic E-state index is -3.28. The van der Waals surface area contributed by atoms with E-state index >= 15 is 0 Å². The van der Waals surface area contributed by atoms with Gasteiger partial charge in [-0.3, -0.25) is 4.98 Å². The third kappa shape index (κ3) is 2.77. The van der Waals surface area contributed by atoms with Gasteiger partial charge in [-0.05, 0) is 18.9 Å². The normalized spacial score (nSPS) is 19.1. The van der Waals surface area contributed by atoms with Crippen molar-refractivity contribution in [3.05, 3.63) is 36.4 Å². The van der Waals surface area contributed by atoms with Crippen molar-refractivity contribution >= 4 is 26.6 Å². The summed E-state index contributed by atoms with van der Waals surface area (Å²) in [5, 5.41) is 0.962. The number of nitrogens with one attached hydrogen (secondary N) is 1. The van der Waals surface area contributed by atoms with Crippen molar-refractivity contribution in [1.82, 2.24) is 19.9 Å². The van der Waals surface area contributed by atoms with E-state index < -0.39 is 14.6 Å². The van der Waals surface area contributed by atoms with Gasteiger partial charge in [-0.25, -0.2) is 18.4 Å². The third-order valence-corrected chi connectivity index (χ3v) is 7.68. The third-order valence-electron chi connectivity index (χ3n) is 5.65. The second-order valence-corrected chi connectivity index (χ2v) is 9.75. The van der Waals surface area contributed by atoms with Crippen LogP contribution in [0.25, 0.3) is 22.3 Å². The van der Waals surface area contributed by atoms with Gasteiger partial charge in [0.15, 0.2) is 15.7 Å². The molecule has 2 fully saturated rings. The number of rotatable bonds is 4. The Balaban J connectivity index is 1.71. The summed E-state index contributed by atoms with van der Waals surface area (Å²) in [6.45, 7) is 2.68. The van der Waals surface area contributed by atoms with E-state index in [9.17, 15) is 8.42 Å². The Hall–Kier alpha value is -2.52. The van der Waals surface area contributed by atoms with Crippen LogP contribution >= 0.6 is 0 Å². The highest BCUT2D eigenvalue weighted by Gasteiger charge is 2.55. The Labute approximate surface area is 162 Å². The number of H-pyrrole nitrogens is 1. The van der Waals surface area contributed by atoms with Gasteiger partial charge < -0.3 is 14.6 Å². The number of aromatic nitrogens is 4. The molecule has 0 radical (unpaired) electrons. The molecule has 1 saturated heterocycles. The molecular weight excluding hydrogens is 378 g/mol. The molecule has 0 aromatic carbocycles. The summed E-state index contributed by atoms with van der Waals surface area (Å²) in [7, 11) is -3.28. The fourth-order valence-corrected chi connectivity index (χ4v) is 5.16. The van der Waals surface area contributed by atoms with Gasteiger partial charge in [0.1, 0.15) is 10.6 Å². The van der Waals surface area contributed by atoms with Gasteiger partial charge in [0.2, 0.25) is 0 Å². The summed E-state index contributed by atoms with van der Waals surface area (Å²) in [6, 6.07) is 3.80. The van der Waals surface area contributed by atoms with E-state index in [0.29, 0.717) is 50.7 Å². The van der Waals surface area contributed by atoms with Gasteiger partial charge in [-0.1, -0.05) is 0 Å². The molecule has 3 aromatic heterocycles. The lowest BCUT2D eigenvalue weighted by Crippen LogP contribution is -2.37. The molecule has 5 rings (SSSR count). The molecule has 4 heterocycles. The first-order valence-electron chi connectivity index (χ1n) is 9.31. The van der Waals surface area contributed by atoms with Crippen molar-refractivity contribution in [2.75, 3.05) is 37.5 Å². The smallest absolute Gasteiger partial charge is 0.164 e. The Morgan fingerprint density at radius 1 is 1.18 bits per heavy atom. The number of nitrogens with zero attached hydrogens (tertiary/aromatic N) is 4. The zero-order valence-electron chi connectivity index (χ0n) is 15.6. The van der Waals surface area contributed by atoms with Gasteiger partial charge in [-0.2, -0.15) is 0 Å². The minimum Gasteiger partial charge on any atom is -0.378 e. The van der Waals surface area contributed by atoms with Crippen molar-refractivity contribution in [3.63, 3.8) is 0 Å². The zero-order chi connectivity index (χ0) is 19.4. The maximum absolute atomic E-state index is 12.5. The van der Waals surface area contributed by atoms with Crippen LogP contribution in [-0.4, -0.2) is 60.9 Å². The molecular formula is C19H21N5O3S. The first-order chi connectivity index (χ1) is 13.5. The summed E-state index contributed by atoms with van der Waals surface area (Å²) < 4.78 is 29.6. The second kappa shape index (κ2) is 6.25. The number of anilines is 1. The van der Waals surface area contributed by atoms with Crippen LogP contribution in [-0.2, 0) is 19.3 Å². The van der Waals surface area contributed by atoms with E-state index in [0.717, 1.165) is 22.3 Å². The highest BCUT2D eigenvalue weighted by atomic mass is 32.2. The molecule has 0 bridgehead atoms. The van der Waals surface area contributed by atoms with Crippen molar-refractivity contribution in [2.24, 2.45) is 0 Å². The van der Waals surface area contributed by atoms with Gasteiger partial charge >= 0.3 is 0 Å². The van der Waals surface area contributed by atoms with E-state index in [1.54, 1.807) is 12.4 Å². The molecule has 9 heteroatoms. The van der Waals surface area contributed by atoms with Crippen molar-refractivity contribution < 1.29 is 13.2 Å². The average molecular weight is 399 g/mol. The molecule has 0 spiro atoms. The lowest BCUT2D eigenvalue weighted by molar-refractivity contribution is 0.122. The van der Waals surface area contributed by atoms with Crippen LogP contribution in [0.15, 0.2) is 30.7 Å². The monoisotopic (exact) mass is 399 g/mol. The van der Waals surface area contributed by atoms with Crippen LogP contribution in [0.5, 0.6) is 0 Å². The highest BCUT2D eigenvalue weighted by molar-refractivity contribution is 7.91. The van der Waals surface area contributed by atoms with Crippen molar-refractivity contribution in [3.8, 4) is 11.4 Å². The molecule has 146 valence electrons. The maximum atomic E-state index is 12.5. The number of hydrogen-bond acceptors (Lipinski definition) is 7. The minimum absolute atomic E-state index is 0.506. The standard InChI is InChI=1S/C19H21N5O3S/c1-28(25,26)19(3-4-19)16-10-17(24-6-8-27-9-7-24)23-18(22-16)14-11-20-12-15-13(14)2-5-21-15/h2,5,10-12,21H,3-4,6-9H2,1H3. The van der Waals surface area contributed by atoms with E-state index in [4.69, 9.17) is 14.7 Å². The fraction of sp³-hybridized carbons (Fsp3) is 0.421. The van der Waals surface area contributed by atoms with E-state index in [1.165, 1.54) is 6.26 Å². The lowest BCUT2D eigenvalue weighted by atomic mass is 10.1. The summed E-state index contributed by atoms with van der Waals surface area (Å²) in [5.41, 5.74) is 2.26. The molecule has 1 aliphatic heterocycles. The van der Waals surface area contributed by atoms with Gasteiger partial charge in [0.05, 0.1) is 30.6 Å². The molecule has 0 unspecified atom stereocenters. The molecule has 8 nitrogen and oxygen atoms in total. The van der Waals surface area contributed by atoms with Gasteiger partial charge in [0.25, 0.3) is 0 Å². The largest absolute Gasteiger partial charge is 0.378 e. The molecule has 1 N–H and O–H groups in total. The number of sulfone groups is 1. The van der Waals surface area contributed by atoms with Crippen LogP contribution in [0.1, 0.15) is 18.5 Å². The molecule has 2 aliphatic rings. The molecule has 1 saturated carbocycles. The summed E-state index contributed by atoms with van der Waals surface area (Å²) in [5.74, 6) is 1.25. The summed E-state index contributed by atoms with van der Waals surface area (Å²) >= 11 is 0. The quantitative estimate of drug-likeness (QED) is 0.715. The molecule has 28 heavy (non-hydrogen) atoms. The first kappa shape index (κ1) is 17.6. The SMILES string of the molecule is CS(=O)(=O)C1(c2cc(N3CCOCC3)nc(-c3cncc4[nH]ccc34)n2)CC1. The number of hydrogen-bond donors (Lipinski definition) is 1. The van der Waals surface area contributed by atoms with E-state index in [1.807, 2.05) is 18.3 Å². The lowest BCUT2D eigenvalue weighted by Gasteiger charge is -2.29. The zero-order valence-corrected chi connectivity index (χ0v) is 16.4. The van der Waals surface area contributed by atoms with Crippen molar-refractivity contribution in [1.29, 1.82) is 0 Å². The second-order valence-electron chi connectivity index (χ2n) is 7.43. The van der Waals surface area contributed by atoms with Crippen LogP contribution in [0.3, 0.4) is 0 Å². The highest BCUT2D eigenvalue weighted by Crippen LogP contribution is 2.52. The number of fused-ring (bicyclic) bond motifs is 1. The predicted molar refractivity (Wildman–Crippen MR) is 106 cm³/mol. The molecule has 0 amide bonds. The summed E-state index contributed by atoms with van der Waals surface area (Å²) in [4.78, 5) is 19.1. The van der Waals surface area contributed by atoms with Gasteiger partial charge in [0, 0.05) is 48.8 Å². The molecule has 3 aromatic rings. The van der Waals surface area contributed by atoms with Crippen LogP contribution in [0.2, 0.25) is 0 Å². The van der Waals surface area contributed by atoms with Crippen molar-refractivity contribution in [2.45, 2.75) is 17.6 Å². The Kier molecular flexibility index (Phi) is 3.92. The Morgan fingerprint density at radius 3 is 2.68 bits per heavy atom.